The average Bonchev–Trinajstić information content (AvgIpc) is 2.97. The molecule has 2 aromatic heterocycles. The van der Waals surface area contributed by atoms with Crippen LogP contribution in [0.15, 0.2) is 24.3 Å². The summed E-state index contributed by atoms with van der Waals surface area (Å²) in [6, 6.07) is 9.87. The third kappa shape index (κ3) is 3.42. The first kappa shape index (κ1) is 19.7. The van der Waals surface area contributed by atoms with E-state index in [4.69, 9.17) is 16.6 Å². The first-order valence-electron chi connectivity index (χ1n) is 10.2. The van der Waals surface area contributed by atoms with Gasteiger partial charge in [-0.3, -0.25) is 0 Å². The Kier molecular flexibility index (Phi) is 5.36. The lowest BCUT2D eigenvalue weighted by atomic mass is 9.95. The van der Waals surface area contributed by atoms with Crippen LogP contribution in [0.1, 0.15) is 63.3 Å². The Hall–Kier alpha value is -1.65. The highest BCUT2D eigenvalue weighted by molar-refractivity contribution is 7.19. The molecule has 3 aromatic rings. The molecule has 3 heterocycles. The minimum atomic E-state index is 0.343. The predicted octanol–water partition coefficient (Wildman–Crippen LogP) is 7.21. The molecule has 1 fully saturated rings. The van der Waals surface area contributed by atoms with Crippen LogP contribution >= 0.6 is 22.9 Å². The van der Waals surface area contributed by atoms with Crippen LogP contribution in [-0.4, -0.2) is 22.1 Å². The molecule has 0 radical (unpaired) electrons. The van der Waals surface area contributed by atoms with Gasteiger partial charge in [-0.1, -0.05) is 38.1 Å². The number of piperidine rings is 1. The van der Waals surface area contributed by atoms with E-state index in [1.54, 1.807) is 11.3 Å². The summed E-state index contributed by atoms with van der Waals surface area (Å²) in [7, 11) is 0. The quantitative estimate of drug-likeness (QED) is 0.424. The Morgan fingerprint density at radius 3 is 2.32 bits per heavy atom. The molecular weight excluding hydrogens is 386 g/mol. The summed E-state index contributed by atoms with van der Waals surface area (Å²) in [6.07, 6.45) is 3.65. The molecule has 28 heavy (non-hydrogen) atoms. The standard InChI is InChI=1S/C23H28ClN3S/c1-13(2)17-9-11-18(12-10-17)19-16(5)28-22-20(19)21(25-23(24)26-22)27-14(3)7-6-8-15(27)4/h9-15H,6-8H2,1-5H3. The third-order valence-electron chi connectivity index (χ3n) is 5.99. The van der Waals surface area contributed by atoms with Gasteiger partial charge in [-0.15, -0.1) is 11.3 Å². The van der Waals surface area contributed by atoms with Crippen LogP contribution in [0.2, 0.25) is 5.28 Å². The Morgan fingerprint density at radius 2 is 1.71 bits per heavy atom. The van der Waals surface area contributed by atoms with Crippen molar-refractivity contribution < 1.29 is 0 Å². The van der Waals surface area contributed by atoms with Crippen molar-refractivity contribution in [1.82, 2.24) is 9.97 Å². The molecule has 0 amide bonds. The lowest BCUT2D eigenvalue weighted by molar-refractivity contribution is 0.412. The van der Waals surface area contributed by atoms with E-state index in [2.05, 4.69) is 68.8 Å². The summed E-state index contributed by atoms with van der Waals surface area (Å²) in [4.78, 5) is 14.1. The van der Waals surface area contributed by atoms with Crippen LogP contribution in [0.5, 0.6) is 0 Å². The van der Waals surface area contributed by atoms with Crippen LogP contribution in [0.25, 0.3) is 21.3 Å². The maximum Gasteiger partial charge on any atom is 0.225 e. The molecule has 0 bridgehead atoms. The zero-order valence-corrected chi connectivity index (χ0v) is 18.9. The van der Waals surface area contributed by atoms with Crippen molar-refractivity contribution >= 4 is 39.0 Å². The fourth-order valence-electron chi connectivity index (χ4n) is 4.48. The van der Waals surface area contributed by atoms with E-state index in [0.717, 1.165) is 16.0 Å². The van der Waals surface area contributed by atoms with Gasteiger partial charge in [0, 0.05) is 22.5 Å². The second-order valence-corrected chi connectivity index (χ2v) is 9.88. The number of benzene rings is 1. The summed E-state index contributed by atoms with van der Waals surface area (Å²) >= 11 is 8.08. The van der Waals surface area contributed by atoms with Gasteiger partial charge in [0.1, 0.15) is 10.6 Å². The van der Waals surface area contributed by atoms with E-state index >= 15 is 0 Å². The van der Waals surface area contributed by atoms with E-state index in [-0.39, 0.29) is 0 Å². The Balaban J connectivity index is 1.94. The van der Waals surface area contributed by atoms with E-state index in [1.807, 2.05) is 0 Å². The van der Waals surface area contributed by atoms with Crippen molar-refractivity contribution in [3.63, 3.8) is 0 Å². The minimum absolute atomic E-state index is 0.343. The number of thiophene rings is 1. The van der Waals surface area contributed by atoms with Gasteiger partial charge in [-0.25, -0.2) is 4.98 Å². The maximum absolute atomic E-state index is 6.36. The highest BCUT2D eigenvalue weighted by Gasteiger charge is 2.30. The molecule has 1 saturated heterocycles. The van der Waals surface area contributed by atoms with Crippen molar-refractivity contribution in [1.29, 1.82) is 0 Å². The molecular formula is C23H28ClN3S. The van der Waals surface area contributed by atoms with Crippen LogP contribution < -0.4 is 4.90 Å². The molecule has 4 rings (SSSR count). The van der Waals surface area contributed by atoms with Crippen molar-refractivity contribution in [3.05, 3.63) is 40.0 Å². The van der Waals surface area contributed by atoms with Crippen LogP contribution in [-0.2, 0) is 0 Å². The van der Waals surface area contributed by atoms with Crippen LogP contribution in [0.3, 0.4) is 0 Å². The Bertz CT molecular complexity index is 983. The molecule has 2 atom stereocenters. The fraction of sp³-hybridized carbons (Fsp3) is 0.478. The van der Waals surface area contributed by atoms with Crippen molar-refractivity contribution in [3.8, 4) is 11.1 Å². The molecule has 3 nitrogen and oxygen atoms in total. The molecule has 0 aliphatic carbocycles. The largest absolute Gasteiger partial charge is 0.351 e. The summed E-state index contributed by atoms with van der Waals surface area (Å²) < 4.78 is 0. The summed E-state index contributed by atoms with van der Waals surface area (Å²) in [5.74, 6) is 1.53. The molecule has 2 unspecified atom stereocenters. The number of nitrogens with zero attached hydrogens (tertiary/aromatic N) is 3. The highest BCUT2D eigenvalue weighted by Crippen LogP contribution is 2.44. The molecule has 0 spiro atoms. The zero-order chi connectivity index (χ0) is 20.0. The number of anilines is 1. The van der Waals surface area contributed by atoms with Gasteiger partial charge in [0.25, 0.3) is 0 Å². The molecule has 5 heteroatoms. The van der Waals surface area contributed by atoms with Gasteiger partial charge >= 0.3 is 0 Å². The van der Waals surface area contributed by atoms with Crippen molar-refractivity contribution in [2.75, 3.05) is 4.90 Å². The first-order valence-corrected chi connectivity index (χ1v) is 11.4. The Morgan fingerprint density at radius 1 is 1.07 bits per heavy atom. The lowest BCUT2D eigenvalue weighted by Gasteiger charge is -2.40. The number of fused-ring (bicyclic) bond motifs is 1. The zero-order valence-electron chi connectivity index (χ0n) is 17.3. The smallest absolute Gasteiger partial charge is 0.225 e. The Labute approximate surface area is 176 Å². The van der Waals surface area contributed by atoms with E-state index in [0.29, 0.717) is 23.3 Å². The lowest BCUT2D eigenvalue weighted by Crippen LogP contribution is -2.44. The van der Waals surface area contributed by atoms with Crippen molar-refractivity contribution in [2.24, 2.45) is 0 Å². The summed E-state index contributed by atoms with van der Waals surface area (Å²) in [5.41, 5.74) is 3.85. The van der Waals surface area contributed by atoms with Crippen LogP contribution in [0.4, 0.5) is 5.82 Å². The van der Waals surface area contributed by atoms with E-state index in [9.17, 15) is 0 Å². The number of hydrogen-bond acceptors (Lipinski definition) is 4. The normalized spacial score (nSPS) is 20.3. The van der Waals surface area contributed by atoms with Gasteiger partial charge in [0.2, 0.25) is 5.28 Å². The maximum atomic E-state index is 6.36. The minimum Gasteiger partial charge on any atom is -0.351 e. The number of hydrogen-bond donors (Lipinski definition) is 0. The summed E-state index contributed by atoms with van der Waals surface area (Å²) in [5, 5.41) is 1.50. The molecule has 1 aliphatic heterocycles. The topological polar surface area (TPSA) is 29.0 Å². The summed E-state index contributed by atoms with van der Waals surface area (Å²) in [6.45, 7) is 11.2. The number of rotatable bonds is 3. The number of aromatic nitrogens is 2. The van der Waals surface area contributed by atoms with Crippen LogP contribution in [0, 0.1) is 6.92 Å². The fourth-order valence-corrected chi connectivity index (χ4v) is 5.73. The van der Waals surface area contributed by atoms with E-state index in [1.165, 1.54) is 40.8 Å². The second kappa shape index (κ2) is 7.64. The molecule has 0 N–H and O–H groups in total. The SMILES string of the molecule is Cc1sc2nc(Cl)nc(N3C(C)CCCC3C)c2c1-c1ccc(C(C)C)cc1. The van der Waals surface area contributed by atoms with Gasteiger partial charge in [0.05, 0.1) is 5.39 Å². The third-order valence-corrected chi connectivity index (χ3v) is 7.15. The number of halogens is 1. The van der Waals surface area contributed by atoms with Gasteiger partial charge in [-0.2, -0.15) is 4.98 Å². The predicted molar refractivity (Wildman–Crippen MR) is 122 cm³/mol. The monoisotopic (exact) mass is 413 g/mol. The van der Waals surface area contributed by atoms with E-state index < -0.39 is 0 Å². The van der Waals surface area contributed by atoms with Crippen molar-refractivity contribution in [2.45, 2.75) is 71.9 Å². The van der Waals surface area contributed by atoms with Gasteiger partial charge < -0.3 is 4.90 Å². The molecule has 1 aliphatic rings. The highest BCUT2D eigenvalue weighted by atomic mass is 35.5. The molecule has 148 valence electrons. The molecule has 1 aromatic carbocycles. The van der Waals surface area contributed by atoms with Gasteiger partial charge in [0.15, 0.2) is 0 Å². The van der Waals surface area contributed by atoms with Gasteiger partial charge in [-0.05, 0) is 68.7 Å². The number of aryl methyl sites for hydroxylation is 1. The first-order chi connectivity index (χ1) is 13.4. The average molecular weight is 414 g/mol. The molecule has 0 saturated carbocycles. The second-order valence-electron chi connectivity index (χ2n) is 8.34.